The van der Waals surface area contributed by atoms with E-state index in [4.69, 9.17) is 0 Å². The Balaban J connectivity index is 1.91. The quantitative estimate of drug-likeness (QED) is 0.793. The van der Waals surface area contributed by atoms with E-state index >= 15 is 0 Å². The molecule has 0 fully saturated rings. The molecule has 2 aromatic rings. The molecule has 106 valence electrons. The van der Waals surface area contributed by atoms with Gasteiger partial charge in [-0.15, -0.1) is 0 Å². The van der Waals surface area contributed by atoms with Gasteiger partial charge in [-0.3, -0.25) is 0 Å². The number of nitrogens with one attached hydrogen (secondary N) is 1. The average molecular weight is 336 g/mol. The van der Waals surface area contributed by atoms with Gasteiger partial charge in [0.25, 0.3) is 0 Å². The highest BCUT2D eigenvalue weighted by Gasteiger charge is 2.09. The first-order chi connectivity index (χ1) is 9.70. The van der Waals surface area contributed by atoms with Crippen molar-refractivity contribution in [3.8, 4) is 0 Å². The van der Waals surface area contributed by atoms with Gasteiger partial charge in [-0.25, -0.2) is 4.39 Å². The third kappa shape index (κ3) is 4.15. The highest BCUT2D eigenvalue weighted by molar-refractivity contribution is 9.10. The summed E-state index contributed by atoms with van der Waals surface area (Å²) < 4.78 is 13.9. The van der Waals surface area contributed by atoms with Crippen molar-refractivity contribution in [3.05, 3.63) is 69.9 Å². The van der Waals surface area contributed by atoms with Gasteiger partial charge in [0.2, 0.25) is 0 Å². The number of hydrogen-bond donors (Lipinski definition) is 1. The lowest BCUT2D eigenvalue weighted by atomic mass is 9.99. The van der Waals surface area contributed by atoms with Crippen LogP contribution in [0.5, 0.6) is 0 Å². The molecule has 0 aromatic heterocycles. The van der Waals surface area contributed by atoms with Crippen LogP contribution in [0.4, 0.5) is 4.39 Å². The molecule has 0 saturated heterocycles. The average Bonchev–Trinajstić information content (AvgIpc) is 2.46. The van der Waals surface area contributed by atoms with Gasteiger partial charge in [0, 0.05) is 10.5 Å². The van der Waals surface area contributed by atoms with Gasteiger partial charge in [0.15, 0.2) is 0 Å². The summed E-state index contributed by atoms with van der Waals surface area (Å²) in [5.41, 5.74) is 2.47. The van der Waals surface area contributed by atoms with Crippen LogP contribution in [0.15, 0.2) is 53.0 Å². The normalized spacial score (nSPS) is 12.3. The lowest BCUT2D eigenvalue weighted by Crippen LogP contribution is -2.16. The summed E-state index contributed by atoms with van der Waals surface area (Å²) in [4.78, 5) is 0. The molecule has 1 atom stereocenters. The summed E-state index contributed by atoms with van der Waals surface area (Å²) in [7, 11) is 1.99. The van der Waals surface area contributed by atoms with E-state index in [0.717, 1.165) is 29.3 Å². The number of halogens is 2. The van der Waals surface area contributed by atoms with Crippen molar-refractivity contribution in [1.29, 1.82) is 0 Å². The van der Waals surface area contributed by atoms with E-state index in [1.165, 1.54) is 17.7 Å². The minimum Gasteiger partial charge on any atom is -0.313 e. The zero-order valence-electron chi connectivity index (χ0n) is 11.6. The van der Waals surface area contributed by atoms with Crippen LogP contribution in [-0.2, 0) is 6.42 Å². The third-order valence-corrected chi connectivity index (χ3v) is 4.24. The summed E-state index contributed by atoms with van der Waals surface area (Å²) in [5, 5.41) is 3.36. The highest BCUT2D eigenvalue weighted by atomic mass is 79.9. The fourth-order valence-electron chi connectivity index (χ4n) is 2.38. The van der Waals surface area contributed by atoms with Gasteiger partial charge in [-0.2, -0.15) is 0 Å². The third-order valence-electron chi connectivity index (χ3n) is 3.50. The molecule has 0 heterocycles. The Morgan fingerprint density at radius 3 is 2.55 bits per heavy atom. The maximum atomic E-state index is 13.0. The Labute approximate surface area is 128 Å². The van der Waals surface area contributed by atoms with Gasteiger partial charge in [-0.1, -0.05) is 52.3 Å². The van der Waals surface area contributed by atoms with Gasteiger partial charge < -0.3 is 5.32 Å². The van der Waals surface area contributed by atoms with Crippen LogP contribution in [0.2, 0.25) is 0 Å². The van der Waals surface area contributed by atoms with E-state index in [1.54, 1.807) is 0 Å². The molecule has 0 aliphatic heterocycles. The zero-order valence-corrected chi connectivity index (χ0v) is 13.2. The van der Waals surface area contributed by atoms with E-state index < -0.39 is 0 Å². The van der Waals surface area contributed by atoms with Crippen molar-refractivity contribution in [1.82, 2.24) is 5.32 Å². The van der Waals surface area contributed by atoms with Crippen LogP contribution in [0.1, 0.15) is 30.0 Å². The maximum absolute atomic E-state index is 13.0. The van der Waals surface area contributed by atoms with Gasteiger partial charge in [-0.05, 0) is 49.6 Å². The molecule has 1 nitrogen and oxygen atoms in total. The standard InChI is InChI=1S/C17H19BrFN/c1-20-17(14-6-3-2-4-7-14)9-5-8-13-10-11-15(19)12-16(13)18/h2-4,6-7,10-12,17,20H,5,8-9H2,1H3. The molecule has 0 aliphatic rings. The molecule has 2 aromatic carbocycles. The second kappa shape index (κ2) is 7.55. The molecule has 0 amide bonds. The molecule has 3 heteroatoms. The molecule has 0 radical (unpaired) electrons. The fourth-order valence-corrected chi connectivity index (χ4v) is 2.93. The predicted molar refractivity (Wildman–Crippen MR) is 85.3 cm³/mol. The largest absolute Gasteiger partial charge is 0.313 e. The lowest BCUT2D eigenvalue weighted by Gasteiger charge is -2.16. The first-order valence-electron chi connectivity index (χ1n) is 6.87. The van der Waals surface area contributed by atoms with Crippen LogP contribution in [-0.4, -0.2) is 7.05 Å². The Hall–Kier alpha value is -1.19. The molecule has 1 unspecified atom stereocenters. The van der Waals surface area contributed by atoms with E-state index in [0.29, 0.717) is 6.04 Å². The fraction of sp³-hybridized carbons (Fsp3) is 0.294. The minimum absolute atomic E-state index is 0.196. The smallest absolute Gasteiger partial charge is 0.124 e. The summed E-state index contributed by atoms with van der Waals surface area (Å²) in [5.74, 6) is -0.196. The van der Waals surface area contributed by atoms with Crippen molar-refractivity contribution < 1.29 is 4.39 Å². The molecule has 0 saturated carbocycles. The van der Waals surface area contributed by atoms with E-state index in [2.05, 4.69) is 45.5 Å². The number of rotatable bonds is 6. The lowest BCUT2D eigenvalue weighted by molar-refractivity contribution is 0.526. The molecular formula is C17H19BrFN. The van der Waals surface area contributed by atoms with Crippen LogP contribution in [0.25, 0.3) is 0 Å². The number of hydrogen-bond acceptors (Lipinski definition) is 1. The van der Waals surface area contributed by atoms with Gasteiger partial charge >= 0.3 is 0 Å². The SMILES string of the molecule is CNC(CCCc1ccc(F)cc1Br)c1ccccc1. The summed E-state index contributed by atoms with van der Waals surface area (Å²) in [6, 6.07) is 15.7. The van der Waals surface area contributed by atoms with Crippen molar-refractivity contribution in [2.24, 2.45) is 0 Å². The molecule has 0 bridgehead atoms. The van der Waals surface area contributed by atoms with E-state index in [-0.39, 0.29) is 5.82 Å². The predicted octanol–water partition coefficient (Wildman–Crippen LogP) is 4.87. The topological polar surface area (TPSA) is 12.0 Å². The van der Waals surface area contributed by atoms with Crippen LogP contribution < -0.4 is 5.32 Å². The van der Waals surface area contributed by atoms with Crippen molar-refractivity contribution >= 4 is 15.9 Å². The van der Waals surface area contributed by atoms with Crippen LogP contribution in [0, 0.1) is 5.82 Å². The van der Waals surface area contributed by atoms with Gasteiger partial charge in [0.05, 0.1) is 0 Å². The molecular weight excluding hydrogens is 317 g/mol. The molecule has 1 N–H and O–H groups in total. The first kappa shape index (κ1) is 15.2. The van der Waals surface area contributed by atoms with Crippen molar-refractivity contribution in [2.75, 3.05) is 7.05 Å². The maximum Gasteiger partial charge on any atom is 0.124 e. The second-order valence-electron chi connectivity index (χ2n) is 4.88. The van der Waals surface area contributed by atoms with E-state index in [9.17, 15) is 4.39 Å². The molecule has 0 aliphatic carbocycles. The highest BCUT2D eigenvalue weighted by Crippen LogP contribution is 2.23. The minimum atomic E-state index is -0.196. The van der Waals surface area contributed by atoms with E-state index in [1.807, 2.05) is 19.2 Å². The Morgan fingerprint density at radius 1 is 1.15 bits per heavy atom. The number of benzene rings is 2. The summed E-state index contributed by atoms with van der Waals surface area (Å²) >= 11 is 3.42. The monoisotopic (exact) mass is 335 g/mol. The zero-order chi connectivity index (χ0) is 14.4. The summed E-state index contributed by atoms with van der Waals surface area (Å²) in [6.45, 7) is 0. The van der Waals surface area contributed by atoms with Crippen LogP contribution in [0.3, 0.4) is 0 Å². The molecule has 0 spiro atoms. The van der Waals surface area contributed by atoms with Crippen LogP contribution >= 0.6 is 15.9 Å². The molecule has 20 heavy (non-hydrogen) atoms. The first-order valence-corrected chi connectivity index (χ1v) is 7.66. The Bertz CT molecular complexity index is 542. The summed E-state index contributed by atoms with van der Waals surface area (Å²) in [6.07, 6.45) is 3.07. The Morgan fingerprint density at radius 2 is 1.90 bits per heavy atom. The van der Waals surface area contributed by atoms with Gasteiger partial charge in [0.1, 0.15) is 5.82 Å². The number of aryl methyl sites for hydroxylation is 1. The second-order valence-corrected chi connectivity index (χ2v) is 5.73. The molecule has 2 rings (SSSR count). The van der Waals surface area contributed by atoms with Crippen molar-refractivity contribution in [2.45, 2.75) is 25.3 Å². The Kier molecular flexibility index (Phi) is 5.74. The van der Waals surface area contributed by atoms with Crippen molar-refractivity contribution in [3.63, 3.8) is 0 Å².